The molecule has 1 aromatic carbocycles. The fraction of sp³-hybridized carbons (Fsp3) is 0.632. The average molecular weight is 317 g/mol. The molecule has 1 amide bonds. The number of rotatable bonds is 4. The Balaban J connectivity index is 1.54. The van der Waals surface area contributed by atoms with Gasteiger partial charge in [0.15, 0.2) is 0 Å². The van der Waals surface area contributed by atoms with E-state index in [1.54, 1.807) is 0 Å². The van der Waals surface area contributed by atoms with Crippen LogP contribution in [0.2, 0.25) is 0 Å². The maximum atomic E-state index is 12.6. The SMILES string of the molecule is O=C(CC1(O)CCCCC1)N1CCOC(Cc2ccccc2)C1. The van der Waals surface area contributed by atoms with E-state index in [9.17, 15) is 9.90 Å². The van der Waals surface area contributed by atoms with Crippen molar-refractivity contribution >= 4 is 5.91 Å². The van der Waals surface area contributed by atoms with E-state index in [0.29, 0.717) is 19.7 Å². The van der Waals surface area contributed by atoms with E-state index in [0.717, 1.165) is 32.1 Å². The molecule has 126 valence electrons. The van der Waals surface area contributed by atoms with Gasteiger partial charge in [-0.2, -0.15) is 0 Å². The number of hydrogen-bond acceptors (Lipinski definition) is 3. The van der Waals surface area contributed by atoms with E-state index in [-0.39, 0.29) is 18.4 Å². The van der Waals surface area contributed by atoms with Gasteiger partial charge in [0, 0.05) is 19.5 Å². The Bertz CT molecular complexity index is 511. The normalized spacial score (nSPS) is 24.4. The van der Waals surface area contributed by atoms with Gasteiger partial charge in [-0.3, -0.25) is 4.79 Å². The molecule has 1 aliphatic heterocycles. The van der Waals surface area contributed by atoms with Crippen LogP contribution in [0.5, 0.6) is 0 Å². The molecule has 23 heavy (non-hydrogen) atoms. The molecule has 0 spiro atoms. The Hall–Kier alpha value is -1.39. The molecule has 1 heterocycles. The van der Waals surface area contributed by atoms with Crippen LogP contribution < -0.4 is 0 Å². The highest BCUT2D eigenvalue weighted by molar-refractivity contribution is 5.77. The molecule has 3 rings (SSSR count). The molecule has 0 radical (unpaired) electrons. The van der Waals surface area contributed by atoms with Gasteiger partial charge in [-0.1, -0.05) is 49.6 Å². The van der Waals surface area contributed by atoms with Gasteiger partial charge in [-0.25, -0.2) is 0 Å². The summed E-state index contributed by atoms with van der Waals surface area (Å²) < 4.78 is 5.82. The summed E-state index contributed by atoms with van der Waals surface area (Å²) in [5.41, 5.74) is 0.459. The smallest absolute Gasteiger partial charge is 0.225 e. The third-order valence-electron chi connectivity index (χ3n) is 5.06. The van der Waals surface area contributed by atoms with E-state index >= 15 is 0 Å². The second-order valence-corrected chi connectivity index (χ2v) is 6.98. The number of morpholine rings is 1. The van der Waals surface area contributed by atoms with Crippen LogP contribution >= 0.6 is 0 Å². The van der Waals surface area contributed by atoms with Crippen LogP contribution in [0, 0.1) is 0 Å². The predicted octanol–water partition coefficient (Wildman–Crippen LogP) is 2.54. The van der Waals surface area contributed by atoms with Crippen molar-refractivity contribution in [1.29, 1.82) is 0 Å². The Morgan fingerprint density at radius 2 is 1.96 bits per heavy atom. The van der Waals surface area contributed by atoms with Gasteiger partial charge >= 0.3 is 0 Å². The van der Waals surface area contributed by atoms with Crippen molar-refractivity contribution in [2.24, 2.45) is 0 Å². The maximum Gasteiger partial charge on any atom is 0.225 e. The molecule has 2 aliphatic rings. The van der Waals surface area contributed by atoms with Crippen LogP contribution in [-0.2, 0) is 16.0 Å². The summed E-state index contributed by atoms with van der Waals surface area (Å²) in [6, 6.07) is 10.2. The summed E-state index contributed by atoms with van der Waals surface area (Å²) in [7, 11) is 0. The Morgan fingerprint density at radius 3 is 2.70 bits per heavy atom. The third kappa shape index (κ3) is 4.55. The summed E-state index contributed by atoms with van der Waals surface area (Å²) in [4.78, 5) is 14.5. The van der Waals surface area contributed by atoms with Crippen molar-refractivity contribution in [2.75, 3.05) is 19.7 Å². The topological polar surface area (TPSA) is 49.8 Å². The zero-order chi connectivity index (χ0) is 16.1. The zero-order valence-electron chi connectivity index (χ0n) is 13.7. The van der Waals surface area contributed by atoms with Crippen molar-refractivity contribution in [3.63, 3.8) is 0 Å². The molecule has 1 aromatic rings. The molecule has 4 heteroatoms. The lowest BCUT2D eigenvalue weighted by atomic mass is 9.82. The minimum atomic E-state index is -0.775. The molecule has 1 aliphatic carbocycles. The van der Waals surface area contributed by atoms with Gasteiger partial charge in [-0.05, 0) is 18.4 Å². The van der Waals surface area contributed by atoms with Gasteiger partial charge < -0.3 is 14.7 Å². The molecule has 1 saturated carbocycles. The summed E-state index contributed by atoms with van der Waals surface area (Å²) in [5, 5.41) is 10.6. The van der Waals surface area contributed by atoms with Crippen molar-refractivity contribution in [2.45, 2.75) is 56.7 Å². The minimum Gasteiger partial charge on any atom is -0.389 e. The highest BCUT2D eigenvalue weighted by atomic mass is 16.5. The molecular weight excluding hydrogens is 290 g/mol. The summed E-state index contributed by atoms with van der Waals surface area (Å²) in [5.74, 6) is 0.0794. The number of nitrogens with zero attached hydrogens (tertiary/aromatic N) is 1. The molecule has 2 fully saturated rings. The highest BCUT2D eigenvalue weighted by Gasteiger charge is 2.34. The van der Waals surface area contributed by atoms with Crippen LogP contribution in [0.4, 0.5) is 0 Å². The zero-order valence-corrected chi connectivity index (χ0v) is 13.7. The number of benzene rings is 1. The number of ether oxygens (including phenoxy) is 1. The third-order valence-corrected chi connectivity index (χ3v) is 5.06. The highest BCUT2D eigenvalue weighted by Crippen LogP contribution is 2.31. The van der Waals surface area contributed by atoms with Gasteiger partial charge in [0.05, 0.1) is 24.7 Å². The van der Waals surface area contributed by atoms with Crippen LogP contribution in [0.15, 0.2) is 30.3 Å². The predicted molar refractivity (Wildman–Crippen MR) is 89.1 cm³/mol. The van der Waals surface area contributed by atoms with E-state index in [2.05, 4.69) is 12.1 Å². The first-order valence-corrected chi connectivity index (χ1v) is 8.80. The molecular formula is C19H27NO3. The quantitative estimate of drug-likeness (QED) is 0.928. The van der Waals surface area contributed by atoms with Crippen LogP contribution in [-0.4, -0.2) is 47.3 Å². The lowest BCUT2D eigenvalue weighted by Gasteiger charge is -2.37. The van der Waals surface area contributed by atoms with Crippen molar-refractivity contribution in [3.8, 4) is 0 Å². The minimum absolute atomic E-state index is 0.0519. The Morgan fingerprint density at radius 1 is 1.22 bits per heavy atom. The van der Waals surface area contributed by atoms with E-state index in [1.165, 1.54) is 12.0 Å². The van der Waals surface area contributed by atoms with E-state index in [4.69, 9.17) is 4.74 Å². The van der Waals surface area contributed by atoms with Crippen molar-refractivity contribution in [3.05, 3.63) is 35.9 Å². The van der Waals surface area contributed by atoms with Crippen molar-refractivity contribution < 1.29 is 14.6 Å². The first-order chi connectivity index (χ1) is 11.1. The molecule has 0 aromatic heterocycles. The Labute approximate surface area is 138 Å². The van der Waals surface area contributed by atoms with Gasteiger partial charge in [0.2, 0.25) is 5.91 Å². The average Bonchev–Trinajstić information content (AvgIpc) is 2.56. The molecule has 1 saturated heterocycles. The molecule has 0 bridgehead atoms. The molecule has 1 unspecified atom stereocenters. The van der Waals surface area contributed by atoms with Crippen LogP contribution in [0.3, 0.4) is 0 Å². The first kappa shape index (κ1) is 16.5. The lowest BCUT2D eigenvalue weighted by Crippen LogP contribution is -2.49. The lowest BCUT2D eigenvalue weighted by molar-refractivity contribution is -0.145. The van der Waals surface area contributed by atoms with Crippen LogP contribution in [0.25, 0.3) is 0 Å². The number of amides is 1. The van der Waals surface area contributed by atoms with E-state index < -0.39 is 5.60 Å². The number of carbonyl (C=O) groups is 1. The molecule has 1 N–H and O–H groups in total. The maximum absolute atomic E-state index is 12.6. The standard InChI is InChI=1S/C19H27NO3/c21-18(14-19(22)9-5-2-6-10-19)20-11-12-23-17(15-20)13-16-7-3-1-4-8-16/h1,3-4,7-8,17,22H,2,5-6,9-15H2. The summed E-state index contributed by atoms with van der Waals surface area (Å²) in [6.45, 7) is 1.85. The van der Waals surface area contributed by atoms with E-state index in [1.807, 2.05) is 23.1 Å². The largest absolute Gasteiger partial charge is 0.389 e. The second-order valence-electron chi connectivity index (χ2n) is 6.98. The summed E-state index contributed by atoms with van der Waals surface area (Å²) >= 11 is 0. The van der Waals surface area contributed by atoms with Crippen LogP contribution in [0.1, 0.15) is 44.1 Å². The summed E-state index contributed by atoms with van der Waals surface area (Å²) in [6.07, 6.45) is 5.91. The Kier molecular flexibility index (Phi) is 5.34. The fourth-order valence-corrected chi connectivity index (χ4v) is 3.73. The number of hydrogen-bond donors (Lipinski definition) is 1. The van der Waals surface area contributed by atoms with Crippen molar-refractivity contribution in [1.82, 2.24) is 4.90 Å². The first-order valence-electron chi connectivity index (χ1n) is 8.80. The molecule has 1 atom stereocenters. The van der Waals surface area contributed by atoms with Gasteiger partial charge in [-0.15, -0.1) is 0 Å². The monoisotopic (exact) mass is 317 g/mol. The molecule has 4 nitrogen and oxygen atoms in total. The second kappa shape index (κ2) is 7.45. The number of carbonyl (C=O) groups excluding carboxylic acids is 1. The fourth-order valence-electron chi connectivity index (χ4n) is 3.73. The number of aliphatic hydroxyl groups is 1. The van der Waals surface area contributed by atoms with Gasteiger partial charge in [0.1, 0.15) is 0 Å². The van der Waals surface area contributed by atoms with Gasteiger partial charge in [0.25, 0.3) is 0 Å².